The van der Waals surface area contributed by atoms with Crippen LogP contribution in [0.15, 0.2) is 60.7 Å². The normalized spacial score (nSPS) is 11.8. The number of nitrogens with one attached hydrogen (secondary N) is 1. The van der Waals surface area contributed by atoms with Gasteiger partial charge >= 0.3 is 6.61 Å². The van der Waals surface area contributed by atoms with Crippen molar-refractivity contribution >= 4 is 11.7 Å². The molecule has 1 N–H and O–H groups in total. The fourth-order valence-corrected chi connectivity index (χ4v) is 3.66. The summed E-state index contributed by atoms with van der Waals surface area (Å²) in [6.07, 6.45) is 0.407. The molecular formula is C24H19F2NO4. The lowest BCUT2D eigenvalue weighted by Gasteiger charge is -2.12. The Bertz CT molecular complexity index is 1160. The van der Waals surface area contributed by atoms with Gasteiger partial charge in [-0.3, -0.25) is 9.59 Å². The van der Waals surface area contributed by atoms with E-state index in [2.05, 4.69) is 10.1 Å². The molecule has 0 aromatic heterocycles. The molecule has 0 spiro atoms. The molecule has 4 rings (SSSR count). The van der Waals surface area contributed by atoms with Gasteiger partial charge in [-0.15, -0.1) is 0 Å². The highest BCUT2D eigenvalue weighted by Gasteiger charge is 2.27. The molecule has 1 aliphatic rings. The summed E-state index contributed by atoms with van der Waals surface area (Å²) < 4.78 is 34.6. The number of halogens is 2. The number of amides is 1. The third kappa shape index (κ3) is 4.12. The molecule has 0 aliphatic heterocycles. The lowest BCUT2D eigenvalue weighted by molar-refractivity contribution is -0.0512. The van der Waals surface area contributed by atoms with Gasteiger partial charge in [0.05, 0.1) is 7.11 Å². The number of hydrogen-bond acceptors (Lipinski definition) is 4. The molecule has 0 bridgehead atoms. The Morgan fingerprint density at radius 3 is 2.42 bits per heavy atom. The summed E-state index contributed by atoms with van der Waals surface area (Å²) >= 11 is 0. The van der Waals surface area contributed by atoms with Crippen LogP contribution in [0.2, 0.25) is 0 Å². The number of ether oxygens (including phenoxy) is 2. The zero-order chi connectivity index (χ0) is 22.0. The molecule has 0 saturated carbocycles. The van der Waals surface area contributed by atoms with Crippen molar-refractivity contribution in [2.45, 2.75) is 13.0 Å². The first-order valence-electron chi connectivity index (χ1n) is 9.66. The van der Waals surface area contributed by atoms with Crippen LogP contribution in [-0.4, -0.2) is 32.0 Å². The molecule has 5 nitrogen and oxygen atoms in total. The van der Waals surface area contributed by atoms with Crippen LogP contribution < -0.4 is 14.8 Å². The van der Waals surface area contributed by atoms with E-state index in [9.17, 15) is 18.4 Å². The minimum Gasteiger partial charge on any atom is -0.493 e. The maximum atomic E-state index is 12.6. The second-order valence-corrected chi connectivity index (χ2v) is 7.00. The fraction of sp³-hybridized carbons (Fsp3) is 0.167. The fourth-order valence-electron chi connectivity index (χ4n) is 3.66. The Morgan fingerprint density at radius 1 is 0.935 bits per heavy atom. The lowest BCUT2D eigenvalue weighted by atomic mass is 10.0. The smallest absolute Gasteiger partial charge is 0.387 e. The molecule has 0 heterocycles. The van der Waals surface area contributed by atoms with Crippen molar-refractivity contribution < 1.29 is 27.8 Å². The van der Waals surface area contributed by atoms with Crippen LogP contribution in [0.25, 0.3) is 11.1 Å². The second kappa shape index (κ2) is 8.55. The molecule has 0 fully saturated rings. The topological polar surface area (TPSA) is 64.6 Å². The largest absolute Gasteiger partial charge is 0.493 e. The summed E-state index contributed by atoms with van der Waals surface area (Å²) in [5.74, 6) is -0.260. The molecule has 0 unspecified atom stereocenters. The number of alkyl halides is 2. The van der Waals surface area contributed by atoms with Gasteiger partial charge in [0.15, 0.2) is 17.3 Å². The Hall–Kier alpha value is -3.74. The minimum atomic E-state index is -2.96. The molecule has 0 radical (unpaired) electrons. The number of carbonyl (C=O) groups excluding carboxylic acids is 2. The zero-order valence-corrected chi connectivity index (χ0v) is 16.7. The maximum absolute atomic E-state index is 12.6. The van der Waals surface area contributed by atoms with E-state index in [0.29, 0.717) is 28.7 Å². The van der Waals surface area contributed by atoms with Gasteiger partial charge in [0.25, 0.3) is 5.91 Å². The SMILES string of the molecule is COc1ccc(CCNC(=O)c2ccc3c(c2)C(=O)c2ccccc2-3)cc1OC(F)F. The van der Waals surface area contributed by atoms with E-state index in [1.165, 1.54) is 13.2 Å². The van der Waals surface area contributed by atoms with Crippen LogP contribution in [-0.2, 0) is 6.42 Å². The van der Waals surface area contributed by atoms with E-state index in [0.717, 1.165) is 11.1 Å². The van der Waals surface area contributed by atoms with Crippen molar-refractivity contribution in [3.63, 3.8) is 0 Å². The van der Waals surface area contributed by atoms with E-state index >= 15 is 0 Å². The molecule has 158 valence electrons. The summed E-state index contributed by atoms with van der Waals surface area (Å²) in [5, 5.41) is 2.79. The average molecular weight is 423 g/mol. The molecular weight excluding hydrogens is 404 g/mol. The van der Waals surface area contributed by atoms with Gasteiger partial charge in [-0.2, -0.15) is 8.78 Å². The highest BCUT2D eigenvalue weighted by atomic mass is 19.3. The van der Waals surface area contributed by atoms with Gasteiger partial charge < -0.3 is 14.8 Å². The molecule has 7 heteroatoms. The number of carbonyl (C=O) groups is 2. The van der Waals surface area contributed by atoms with Gasteiger partial charge in [0.1, 0.15) is 0 Å². The number of rotatable bonds is 7. The first-order valence-corrected chi connectivity index (χ1v) is 9.66. The van der Waals surface area contributed by atoms with Crippen LogP contribution in [0.5, 0.6) is 11.5 Å². The van der Waals surface area contributed by atoms with E-state index in [4.69, 9.17) is 4.74 Å². The average Bonchev–Trinajstić information content (AvgIpc) is 3.05. The molecule has 31 heavy (non-hydrogen) atoms. The van der Waals surface area contributed by atoms with E-state index in [1.807, 2.05) is 18.2 Å². The van der Waals surface area contributed by atoms with Gasteiger partial charge in [0, 0.05) is 23.2 Å². The van der Waals surface area contributed by atoms with Crippen LogP contribution in [0.4, 0.5) is 8.78 Å². The Labute approximate surface area is 177 Å². The Kier molecular flexibility index (Phi) is 5.66. The summed E-state index contributed by atoms with van der Waals surface area (Å²) in [6, 6.07) is 17.1. The van der Waals surface area contributed by atoms with Gasteiger partial charge in [-0.05, 0) is 47.4 Å². The predicted octanol–water partition coefficient (Wildman–Crippen LogP) is 4.48. The van der Waals surface area contributed by atoms with E-state index in [1.54, 1.807) is 36.4 Å². The van der Waals surface area contributed by atoms with Crippen molar-refractivity contribution in [3.05, 3.63) is 82.9 Å². The predicted molar refractivity (Wildman–Crippen MR) is 111 cm³/mol. The van der Waals surface area contributed by atoms with Crippen molar-refractivity contribution in [3.8, 4) is 22.6 Å². The van der Waals surface area contributed by atoms with Gasteiger partial charge in [-0.1, -0.05) is 36.4 Å². The zero-order valence-electron chi connectivity index (χ0n) is 16.7. The number of ketones is 1. The maximum Gasteiger partial charge on any atom is 0.387 e. The first kappa shape index (κ1) is 20.5. The molecule has 3 aromatic rings. The van der Waals surface area contributed by atoms with Crippen LogP contribution in [0.1, 0.15) is 31.8 Å². The molecule has 3 aromatic carbocycles. The molecule has 0 atom stereocenters. The Balaban J connectivity index is 1.42. The van der Waals surface area contributed by atoms with Crippen molar-refractivity contribution in [2.75, 3.05) is 13.7 Å². The molecule has 0 saturated heterocycles. The standard InChI is InChI=1S/C24H19F2NO4/c1-30-20-9-6-14(12-21(20)31-24(25)26)10-11-27-23(29)15-7-8-17-16-4-2-3-5-18(16)22(28)19(17)13-15/h2-9,12-13,24H,10-11H2,1H3,(H,27,29). The van der Waals surface area contributed by atoms with E-state index in [-0.39, 0.29) is 29.7 Å². The number of hydrogen-bond donors (Lipinski definition) is 1. The van der Waals surface area contributed by atoms with Gasteiger partial charge in [-0.25, -0.2) is 0 Å². The summed E-state index contributed by atoms with van der Waals surface area (Å²) in [7, 11) is 1.37. The number of methoxy groups -OCH3 is 1. The van der Waals surface area contributed by atoms with Crippen LogP contribution >= 0.6 is 0 Å². The molecule has 1 amide bonds. The minimum absolute atomic E-state index is 0.0574. The lowest BCUT2D eigenvalue weighted by Crippen LogP contribution is -2.25. The summed E-state index contributed by atoms with van der Waals surface area (Å²) in [5.41, 5.74) is 3.93. The Morgan fingerprint density at radius 2 is 1.68 bits per heavy atom. The highest BCUT2D eigenvalue weighted by molar-refractivity contribution is 6.22. The summed E-state index contributed by atoms with van der Waals surface area (Å²) in [6.45, 7) is -2.68. The van der Waals surface area contributed by atoms with E-state index < -0.39 is 6.61 Å². The quantitative estimate of drug-likeness (QED) is 0.476. The number of benzene rings is 3. The number of fused-ring (bicyclic) bond motifs is 3. The van der Waals surface area contributed by atoms with Crippen LogP contribution in [0, 0.1) is 0 Å². The molecule has 1 aliphatic carbocycles. The van der Waals surface area contributed by atoms with Gasteiger partial charge in [0.2, 0.25) is 0 Å². The first-order chi connectivity index (χ1) is 15.0. The van der Waals surface area contributed by atoms with Crippen molar-refractivity contribution in [1.82, 2.24) is 5.32 Å². The van der Waals surface area contributed by atoms with Crippen LogP contribution in [0.3, 0.4) is 0 Å². The summed E-state index contributed by atoms with van der Waals surface area (Å²) in [4.78, 5) is 25.2. The van der Waals surface area contributed by atoms with Crippen molar-refractivity contribution in [2.24, 2.45) is 0 Å². The second-order valence-electron chi connectivity index (χ2n) is 7.00. The monoisotopic (exact) mass is 423 g/mol. The third-order valence-corrected chi connectivity index (χ3v) is 5.13. The van der Waals surface area contributed by atoms with Crippen molar-refractivity contribution in [1.29, 1.82) is 0 Å². The highest BCUT2D eigenvalue weighted by Crippen LogP contribution is 2.36. The third-order valence-electron chi connectivity index (χ3n) is 5.13.